The average Bonchev–Trinajstić information content (AvgIpc) is 2.95. The van der Waals surface area contributed by atoms with E-state index in [-0.39, 0.29) is 6.04 Å². The zero-order valence-corrected chi connectivity index (χ0v) is 10.7. The van der Waals surface area contributed by atoms with Crippen LogP contribution in [0.2, 0.25) is 0 Å². The number of benzene rings is 1. The van der Waals surface area contributed by atoms with Crippen LogP contribution in [0.25, 0.3) is 11.1 Å². The molecule has 0 aliphatic heterocycles. The van der Waals surface area contributed by atoms with Gasteiger partial charge in [0.1, 0.15) is 5.76 Å². The van der Waals surface area contributed by atoms with Gasteiger partial charge < -0.3 is 14.2 Å². The largest absolute Gasteiger partial charge is 0.469 e. The Morgan fingerprint density at radius 1 is 1.32 bits per heavy atom. The van der Waals surface area contributed by atoms with E-state index < -0.39 is 5.76 Å². The van der Waals surface area contributed by atoms with Gasteiger partial charge in [0.05, 0.1) is 17.8 Å². The van der Waals surface area contributed by atoms with Gasteiger partial charge in [-0.3, -0.25) is 4.98 Å². The topological polar surface area (TPSA) is 71.2 Å². The van der Waals surface area contributed by atoms with Crippen LogP contribution in [-0.4, -0.2) is 12.0 Å². The fraction of sp³-hybridized carbons (Fsp3) is 0.214. The Morgan fingerprint density at radius 2 is 2.16 bits per heavy atom. The zero-order valence-electron chi connectivity index (χ0n) is 10.7. The maximum Gasteiger partial charge on any atom is 0.417 e. The number of nitrogens with one attached hydrogen (secondary N) is 2. The number of furan rings is 1. The van der Waals surface area contributed by atoms with Gasteiger partial charge in [-0.05, 0) is 37.7 Å². The van der Waals surface area contributed by atoms with Crippen molar-refractivity contribution in [2.75, 3.05) is 7.05 Å². The highest BCUT2D eigenvalue weighted by molar-refractivity contribution is 5.73. The van der Waals surface area contributed by atoms with Crippen LogP contribution in [-0.2, 0) is 0 Å². The minimum atomic E-state index is -0.437. The van der Waals surface area contributed by atoms with Gasteiger partial charge in [-0.25, -0.2) is 4.79 Å². The summed E-state index contributed by atoms with van der Waals surface area (Å²) in [6.07, 6.45) is 1.67. The summed E-state index contributed by atoms with van der Waals surface area (Å²) in [6, 6.07) is 7.61. The van der Waals surface area contributed by atoms with E-state index in [0.29, 0.717) is 11.1 Å². The van der Waals surface area contributed by atoms with Crippen molar-refractivity contribution in [1.29, 1.82) is 0 Å². The van der Waals surface area contributed by atoms with Crippen LogP contribution >= 0.6 is 0 Å². The van der Waals surface area contributed by atoms with Crippen molar-refractivity contribution in [3.05, 3.63) is 58.0 Å². The number of oxazole rings is 1. The molecule has 1 atom stereocenters. The summed E-state index contributed by atoms with van der Waals surface area (Å²) >= 11 is 0. The van der Waals surface area contributed by atoms with Crippen LogP contribution in [0.5, 0.6) is 0 Å². The molecule has 5 heteroatoms. The lowest BCUT2D eigenvalue weighted by atomic mass is 9.99. The summed E-state index contributed by atoms with van der Waals surface area (Å²) in [7, 11) is 1.88. The summed E-state index contributed by atoms with van der Waals surface area (Å²) in [6.45, 7) is 1.93. The second kappa shape index (κ2) is 4.44. The first kappa shape index (κ1) is 11.8. The second-order valence-corrected chi connectivity index (χ2v) is 4.42. The third-order valence-electron chi connectivity index (χ3n) is 3.28. The first-order valence-electron chi connectivity index (χ1n) is 6.03. The minimum Gasteiger partial charge on any atom is -0.469 e. The lowest BCUT2D eigenvalue weighted by molar-refractivity contribution is 0.523. The summed E-state index contributed by atoms with van der Waals surface area (Å²) in [5.41, 5.74) is 3.35. The highest BCUT2D eigenvalue weighted by Crippen LogP contribution is 2.27. The first-order chi connectivity index (χ1) is 9.19. The summed E-state index contributed by atoms with van der Waals surface area (Å²) < 4.78 is 10.4. The van der Waals surface area contributed by atoms with Gasteiger partial charge in [-0.15, -0.1) is 0 Å². The molecule has 0 saturated heterocycles. The number of rotatable bonds is 3. The van der Waals surface area contributed by atoms with E-state index in [1.807, 2.05) is 38.2 Å². The number of hydrogen-bond acceptors (Lipinski definition) is 4. The average molecular weight is 258 g/mol. The van der Waals surface area contributed by atoms with Crippen molar-refractivity contribution in [1.82, 2.24) is 10.3 Å². The van der Waals surface area contributed by atoms with Crippen molar-refractivity contribution in [2.45, 2.75) is 13.0 Å². The van der Waals surface area contributed by atoms with Crippen molar-refractivity contribution in [3.63, 3.8) is 0 Å². The smallest absolute Gasteiger partial charge is 0.417 e. The van der Waals surface area contributed by atoms with Gasteiger partial charge in [-0.2, -0.15) is 0 Å². The predicted octanol–water partition coefficient (Wildman–Crippen LogP) is 2.33. The predicted molar refractivity (Wildman–Crippen MR) is 71.2 cm³/mol. The van der Waals surface area contributed by atoms with Crippen LogP contribution in [0.3, 0.4) is 0 Å². The van der Waals surface area contributed by atoms with Gasteiger partial charge in [-0.1, -0.05) is 6.07 Å². The van der Waals surface area contributed by atoms with E-state index in [4.69, 9.17) is 8.83 Å². The quantitative estimate of drug-likeness (QED) is 0.756. The number of H-pyrrole nitrogens is 1. The lowest BCUT2D eigenvalue weighted by Gasteiger charge is -2.15. The number of hydrogen-bond donors (Lipinski definition) is 2. The third-order valence-corrected chi connectivity index (χ3v) is 3.28. The van der Waals surface area contributed by atoms with E-state index in [0.717, 1.165) is 16.9 Å². The number of aryl methyl sites for hydroxylation is 1. The molecule has 1 aromatic carbocycles. The molecule has 2 aromatic heterocycles. The summed E-state index contributed by atoms with van der Waals surface area (Å²) in [5, 5.41) is 3.24. The van der Waals surface area contributed by atoms with Gasteiger partial charge in [0.2, 0.25) is 0 Å². The maximum atomic E-state index is 11.2. The molecule has 0 aliphatic carbocycles. The van der Waals surface area contributed by atoms with Crippen LogP contribution in [0.1, 0.15) is 22.9 Å². The van der Waals surface area contributed by atoms with Crippen molar-refractivity contribution in [2.24, 2.45) is 0 Å². The normalized spacial score (nSPS) is 12.9. The molecule has 0 spiro atoms. The fourth-order valence-electron chi connectivity index (χ4n) is 2.34. The zero-order chi connectivity index (χ0) is 13.4. The van der Waals surface area contributed by atoms with E-state index in [9.17, 15) is 4.79 Å². The monoisotopic (exact) mass is 258 g/mol. The van der Waals surface area contributed by atoms with Gasteiger partial charge in [0.25, 0.3) is 0 Å². The molecule has 0 fully saturated rings. The summed E-state index contributed by atoms with van der Waals surface area (Å²) in [4.78, 5) is 13.8. The molecule has 5 nitrogen and oxygen atoms in total. The molecule has 3 rings (SSSR count). The first-order valence-corrected chi connectivity index (χ1v) is 6.03. The van der Waals surface area contributed by atoms with Gasteiger partial charge in [0, 0.05) is 5.56 Å². The van der Waals surface area contributed by atoms with Crippen LogP contribution in [0, 0.1) is 6.92 Å². The highest BCUT2D eigenvalue weighted by Gasteiger charge is 2.17. The van der Waals surface area contributed by atoms with Crippen molar-refractivity contribution < 1.29 is 8.83 Å². The molecular weight excluding hydrogens is 244 g/mol. The van der Waals surface area contributed by atoms with Crippen LogP contribution < -0.4 is 11.1 Å². The van der Waals surface area contributed by atoms with Gasteiger partial charge in [0.15, 0.2) is 5.58 Å². The molecule has 0 amide bonds. The number of aromatic nitrogens is 1. The number of aromatic amines is 1. The molecule has 0 bridgehead atoms. The third kappa shape index (κ3) is 1.98. The molecular formula is C14H14N2O3. The minimum absolute atomic E-state index is 0.00310. The van der Waals surface area contributed by atoms with E-state index in [1.165, 1.54) is 0 Å². The Hall–Kier alpha value is -2.27. The molecule has 98 valence electrons. The van der Waals surface area contributed by atoms with E-state index in [2.05, 4.69) is 10.3 Å². The Kier molecular flexibility index (Phi) is 2.76. The van der Waals surface area contributed by atoms with E-state index >= 15 is 0 Å². The Balaban J connectivity index is 2.11. The molecule has 0 radical (unpaired) electrons. The lowest BCUT2D eigenvalue weighted by Crippen LogP contribution is -2.17. The molecule has 0 saturated carbocycles. The summed E-state index contributed by atoms with van der Waals surface area (Å²) in [5.74, 6) is 0.433. The van der Waals surface area contributed by atoms with Gasteiger partial charge >= 0.3 is 5.76 Å². The number of fused-ring (bicyclic) bond motifs is 1. The molecule has 2 heterocycles. The Morgan fingerprint density at radius 3 is 2.84 bits per heavy atom. The van der Waals surface area contributed by atoms with Crippen molar-refractivity contribution >= 4 is 11.1 Å². The second-order valence-electron chi connectivity index (χ2n) is 4.42. The standard InChI is InChI=1S/C14H14N2O3/c1-8-10(5-6-18-8)13(15-2)9-3-4-11-12(7-9)19-14(17)16-11/h3-7,13,15H,1-2H3,(H,16,17). The molecule has 19 heavy (non-hydrogen) atoms. The van der Waals surface area contributed by atoms with Crippen LogP contribution in [0.15, 0.2) is 44.2 Å². The molecule has 1 unspecified atom stereocenters. The molecule has 2 N–H and O–H groups in total. The Bertz CT molecular complexity index is 766. The van der Waals surface area contributed by atoms with E-state index in [1.54, 1.807) is 6.26 Å². The molecule has 3 aromatic rings. The maximum absolute atomic E-state index is 11.2. The fourth-order valence-corrected chi connectivity index (χ4v) is 2.34. The SMILES string of the molecule is CNC(c1ccc2[nH]c(=O)oc2c1)c1ccoc1C. The van der Waals surface area contributed by atoms with Crippen molar-refractivity contribution in [3.8, 4) is 0 Å². The molecule has 0 aliphatic rings. The Labute approximate surface area is 109 Å². The highest BCUT2D eigenvalue weighted by atomic mass is 16.4. The van der Waals surface area contributed by atoms with Crippen LogP contribution in [0.4, 0.5) is 0 Å².